The summed E-state index contributed by atoms with van der Waals surface area (Å²) < 4.78 is 0. The summed E-state index contributed by atoms with van der Waals surface area (Å²) in [6, 6.07) is 1.47. The molecule has 0 aliphatic rings. The number of rotatable bonds is 1. The van der Waals surface area contributed by atoms with E-state index in [0.29, 0.717) is 0 Å². The molecule has 40 valence electrons. The Morgan fingerprint density at radius 3 is 2.00 bits per heavy atom. The average molecular weight is 101 g/mol. The van der Waals surface area contributed by atoms with Crippen LogP contribution < -0.4 is 0 Å². The maximum absolute atomic E-state index is 8.35. The molecule has 0 radical (unpaired) electrons. The van der Waals surface area contributed by atoms with Crippen LogP contribution in [0.15, 0.2) is 0 Å². The predicted octanol–water partition coefficient (Wildman–Crippen LogP) is -0.748. The zero-order chi connectivity index (χ0) is 5.86. The molecule has 0 fully saturated rings. The monoisotopic (exact) mass is 101 g/mol. The molecule has 0 saturated carbocycles. The van der Waals surface area contributed by atoms with Crippen LogP contribution in [0.5, 0.6) is 0 Å². The topological polar surface area (TPSA) is 64.2 Å². The van der Waals surface area contributed by atoms with Gasteiger partial charge in [0.2, 0.25) is 0 Å². The quantitative estimate of drug-likeness (QED) is 0.427. The number of nitrogens with zero attached hydrogens (tertiary/aromatic N) is 1. The summed E-state index contributed by atoms with van der Waals surface area (Å²) in [5.74, 6) is 0. The minimum atomic E-state index is -1.24. The van der Waals surface area contributed by atoms with Gasteiger partial charge in [-0.05, 0) is 6.92 Å². The molecule has 3 nitrogen and oxygen atoms in total. The van der Waals surface area contributed by atoms with Gasteiger partial charge in [0.25, 0.3) is 0 Å². The van der Waals surface area contributed by atoms with Crippen LogP contribution in [0, 0.1) is 11.3 Å². The molecule has 0 amide bonds. The van der Waals surface area contributed by atoms with Crippen molar-refractivity contribution in [3.05, 3.63) is 0 Å². The molecule has 0 heterocycles. The van der Waals surface area contributed by atoms with Crippen molar-refractivity contribution in [3.63, 3.8) is 0 Å². The number of hydrogen-bond acceptors (Lipinski definition) is 3. The first-order chi connectivity index (χ1) is 3.18. The maximum atomic E-state index is 8.35. The Hall–Kier alpha value is -0.590. The van der Waals surface area contributed by atoms with Gasteiger partial charge in [0.15, 0.2) is 6.10 Å². The minimum Gasteiger partial charge on any atom is -0.390 e. The van der Waals surface area contributed by atoms with Crippen LogP contribution >= 0.6 is 0 Å². The molecule has 0 aromatic rings. The zero-order valence-electron chi connectivity index (χ0n) is 4.00. The van der Waals surface area contributed by atoms with Gasteiger partial charge < -0.3 is 10.2 Å². The third-order valence-electron chi connectivity index (χ3n) is 0.589. The van der Waals surface area contributed by atoms with Crippen LogP contribution in [0.4, 0.5) is 0 Å². The van der Waals surface area contributed by atoms with E-state index in [-0.39, 0.29) is 0 Å². The van der Waals surface area contributed by atoms with Crippen LogP contribution in [0.25, 0.3) is 0 Å². The number of nitriles is 1. The lowest BCUT2D eigenvalue weighted by Gasteiger charge is -2.00. The van der Waals surface area contributed by atoms with E-state index in [1.165, 1.54) is 13.0 Å². The third kappa shape index (κ3) is 2.15. The minimum absolute atomic E-state index is 0.940. The highest BCUT2D eigenvalue weighted by molar-refractivity contribution is 4.85. The SMILES string of the molecule is CC(O)C(O)C#N. The smallest absolute Gasteiger partial charge is 0.165 e. The Kier molecular flexibility index (Phi) is 2.34. The highest BCUT2D eigenvalue weighted by Gasteiger charge is 2.06. The summed E-state index contributed by atoms with van der Waals surface area (Å²) in [5, 5.41) is 24.5. The van der Waals surface area contributed by atoms with E-state index in [1.807, 2.05) is 0 Å². The second kappa shape index (κ2) is 2.56. The van der Waals surface area contributed by atoms with E-state index < -0.39 is 12.2 Å². The first kappa shape index (κ1) is 6.41. The molecule has 0 aromatic carbocycles. The molecule has 2 atom stereocenters. The summed E-state index contributed by atoms with van der Waals surface area (Å²) >= 11 is 0. The molecule has 2 unspecified atom stereocenters. The molecule has 0 rings (SSSR count). The highest BCUT2D eigenvalue weighted by Crippen LogP contribution is 1.86. The summed E-state index contributed by atoms with van der Waals surface area (Å²) in [4.78, 5) is 0. The molecule has 2 N–H and O–H groups in total. The van der Waals surface area contributed by atoms with E-state index in [1.54, 1.807) is 0 Å². The summed E-state index contributed by atoms with van der Waals surface area (Å²) in [6.45, 7) is 1.36. The molecule has 0 aliphatic carbocycles. The third-order valence-corrected chi connectivity index (χ3v) is 0.589. The molecule has 7 heavy (non-hydrogen) atoms. The highest BCUT2D eigenvalue weighted by atomic mass is 16.3. The number of hydrogen-bond donors (Lipinski definition) is 2. The van der Waals surface area contributed by atoms with Crippen molar-refractivity contribution in [1.82, 2.24) is 0 Å². The van der Waals surface area contributed by atoms with Crippen LogP contribution in [-0.4, -0.2) is 22.4 Å². The lowest BCUT2D eigenvalue weighted by atomic mass is 10.3. The Labute approximate surface area is 41.8 Å². The average Bonchev–Trinajstić information content (AvgIpc) is 1.65. The van der Waals surface area contributed by atoms with Crippen molar-refractivity contribution in [2.75, 3.05) is 0 Å². The summed E-state index contributed by atoms with van der Waals surface area (Å²) in [5.41, 5.74) is 0. The second-order valence-corrected chi connectivity index (χ2v) is 1.31. The molecule has 0 saturated heterocycles. The largest absolute Gasteiger partial charge is 0.390 e. The van der Waals surface area contributed by atoms with E-state index >= 15 is 0 Å². The van der Waals surface area contributed by atoms with Crippen LogP contribution in [0.3, 0.4) is 0 Å². The maximum Gasteiger partial charge on any atom is 0.165 e. The van der Waals surface area contributed by atoms with Gasteiger partial charge in [0.1, 0.15) is 0 Å². The van der Waals surface area contributed by atoms with Crippen molar-refractivity contribution in [3.8, 4) is 6.07 Å². The standard InChI is InChI=1S/C4H7NO2/c1-3(6)4(7)2-5/h3-4,6-7H,1H3. The molecular formula is C4H7NO2. The van der Waals surface area contributed by atoms with Gasteiger partial charge >= 0.3 is 0 Å². The lowest BCUT2D eigenvalue weighted by molar-refractivity contribution is 0.0665. The van der Waals surface area contributed by atoms with Gasteiger partial charge in [-0.1, -0.05) is 0 Å². The first-order valence-corrected chi connectivity index (χ1v) is 1.94. The van der Waals surface area contributed by atoms with Crippen molar-refractivity contribution < 1.29 is 10.2 Å². The predicted molar refractivity (Wildman–Crippen MR) is 23.3 cm³/mol. The summed E-state index contributed by atoms with van der Waals surface area (Å²) in [6.07, 6.45) is -2.18. The number of aliphatic hydroxyl groups excluding tert-OH is 2. The van der Waals surface area contributed by atoms with E-state index in [9.17, 15) is 0 Å². The Morgan fingerprint density at radius 2 is 2.00 bits per heavy atom. The van der Waals surface area contributed by atoms with Crippen molar-refractivity contribution in [2.45, 2.75) is 19.1 Å². The fraction of sp³-hybridized carbons (Fsp3) is 0.750. The second-order valence-electron chi connectivity index (χ2n) is 1.31. The Bertz CT molecular complexity index is 84.2. The van der Waals surface area contributed by atoms with Crippen LogP contribution in [-0.2, 0) is 0 Å². The van der Waals surface area contributed by atoms with Crippen molar-refractivity contribution in [1.29, 1.82) is 5.26 Å². The van der Waals surface area contributed by atoms with Crippen LogP contribution in [0.2, 0.25) is 0 Å². The number of aliphatic hydroxyl groups is 2. The van der Waals surface area contributed by atoms with Crippen LogP contribution in [0.1, 0.15) is 6.92 Å². The molecule has 0 bridgehead atoms. The van der Waals surface area contributed by atoms with Crippen molar-refractivity contribution in [2.24, 2.45) is 0 Å². The molecule has 0 aromatic heterocycles. The lowest BCUT2D eigenvalue weighted by Crippen LogP contribution is -2.19. The molecule has 0 aliphatic heterocycles. The van der Waals surface area contributed by atoms with E-state index in [2.05, 4.69) is 0 Å². The fourth-order valence-corrected chi connectivity index (χ4v) is 0.108. The van der Waals surface area contributed by atoms with E-state index in [0.717, 1.165) is 0 Å². The molecule has 3 heteroatoms. The molecular weight excluding hydrogens is 94.0 g/mol. The van der Waals surface area contributed by atoms with Gasteiger partial charge in [-0.15, -0.1) is 0 Å². The van der Waals surface area contributed by atoms with Gasteiger partial charge in [-0.3, -0.25) is 0 Å². The van der Waals surface area contributed by atoms with Gasteiger partial charge in [-0.2, -0.15) is 5.26 Å². The normalized spacial score (nSPS) is 17.4. The summed E-state index contributed by atoms with van der Waals surface area (Å²) in [7, 11) is 0. The van der Waals surface area contributed by atoms with Crippen molar-refractivity contribution >= 4 is 0 Å². The Balaban J connectivity index is 3.40. The molecule has 0 spiro atoms. The zero-order valence-corrected chi connectivity index (χ0v) is 4.00. The Morgan fingerprint density at radius 1 is 1.57 bits per heavy atom. The first-order valence-electron chi connectivity index (χ1n) is 1.94. The van der Waals surface area contributed by atoms with E-state index in [4.69, 9.17) is 15.5 Å². The van der Waals surface area contributed by atoms with Gasteiger partial charge in [0.05, 0.1) is 12.2 Å². The fourth-order valence-electron chi connectivity index (χ4n) is 0.108. The van der Waals surface area contributed by atoms with Gasteiger partial charge in [0, 0.05) is 0 Å². The van der Waals surface area contributed by atoms with Gasteiger partial charge in [-0.25, -0.2) is 0 Å².